The van der Waals surface area contributed by atoms with Gasteiger partial charge in [0, 0.05) is 18.0 Å². The van der Waals surface area contributed by atoms with Gasteiger partial charge in [-0.15, -0.1) is 0 Å². The first kappa shape index (κ1) is 12.9. The second kappa shape index (κ2) is 4.54. The van der Waals surface area contributed by atoms with E-state index in [9.17, 15) is 0 Å². The summed E-state index contributed by atoms with van der Waals surface area (Å²) in [5.41, 5.74) is 6.66. The summed E-state index contributed by atoms with van der Waals surface area (Å²) in [6.45, 7) is 0.832. The topological polar surface area (TPSA) is 39.7 Å². The van der Waals surface area contributed by atoms with Crippen molar-refractivity contribution >= 4 is 16.9 Å². The SMILES string of the molecule is c1ccc(-n2c3ncccc3[n+]3cc4n(c23)Cc2cccnc2-4)cc1. The number of nitrogens with zero attached hydrogens (tertiary/aromatic N) is 5. The minimum absolute atomic E-state index is 0.832. The molecule has 5 heteroatoms. The molecule has 0 atom stereocenters. The van der Waals surface area contributed by atoms with Crippen LogP contribution in [0.4, 0.5) is 0 Å². The minimum Gasteiger partial charge on any atom is -0.253 e. The van der Waals surface area contributed by atoms with Crippen LogP contribution in [0.25, 0.3) is 34.0 Å². The van der Waals surface area contributed by atoms with Gasteiger partial charge in [0.2, 0.25) is 5.65 Å². The quantitative estimate of drug-likeness (QED) is 0.436. The van der Waals surface area contributed by atoms with Crippen molar-refractivity contribution in [3.63, 3.8) is 0 Å². The average molecular weight is 324 g/mol. The Bertz CT molecular complexity index is 1260. The maximum atomic E-state index is 4.65. The lowest BCUT2D eigenvalue weighted by molar-refractivity contribution is -0.480. The van der Waals surface area contributed by atoms with Gasteiger partial charge in [-0.3, -0.25) is 4.98 Å². The van der Waals surface area contributed by atoms with Crippen LogP contribution >= 0.6 is 0 Å². The van der Waals surface area contributed by atoms with Gasteiger partial charge in [-0.2, -0.15) is 8.97 Å². The van der Waals surface area contributed by atoms with Gasteiger partial charge in [-0.25, -0.2) is 9.55 Å². The van der Waals surface area contributed by atoms with Crippen LogP contribution in [-0.2, 0) is 6.54 Å². The molecule has 0 unspecified atom stereocenters. The number of imidazole rings is 2. The van der Waals surface area contributed by atoms with Gasteiger partial charge in [0.1, 0.15) is 17.6 Å². The van der Waals surface area contributed by atoms with E-state index in [2.05, 4.69) is 66.1 Å². The zero-order valence-electron chi connectivity index (χ0n) is 13.4. The predicted octanol–water partition coefficient (Wildman–Crippen LogP) is 2.99. The van der Waals surface area contributed by atoms with E-state index in [0.717, 1.165) is 40.6 Å². The van der Waals surface area contributed by atoms with Crippen LogP contribution in [0.15, 0.2) is 73.2 Å². The number of aromatic nitrogens is 5. The Labute approximate surface area is 143 Å². The third-order valence-corrected chi connectivity index (χ3v) is 4.91. The first-order chi connectivity index (χ1) is 12.4. The van der Waals surface area contributed by atoms with Crippen LogP contribution in [-0.4, -0.2) is 19.1 Å². The summed E-state index contributed by atoms with van der Waals surface area (Å²) in [6, 6.07) is 18.7. The van der Waals surface area contributed by atoms with Crippen molar-refractivity contribution in [3.05, 3.63) is 78.8 Å². The molecule has 0 saturated heterocycles. The van der Waals surface area contributed by atoms with Crippen molar-refractivity contribution in [1.29, 1.82) is 0 Å². The molecule has 0 spiro atoms. The fourth-order valence-corrected chi connectivity index (χ4v) is 3.86. The molecule has 0 N–H and O–H groups in total. The Morgan fingerprint density at radius 3 is 2.64 bits per heavy atom. The smallest absolute Gasteiger partial charge is 0.253 e. The first-order valence-electron chi connectivity index (χ1n) is 8.32. The molecule has 0 amide bonds. The van der Waals surface area contributed by atoms with E-state index in [0.29, 0.717) is 0 Å². The minimum atomic E-state index is 0.832. The molecular weight excluding hydrogens is 310 g/mol. The van der Waals surface area contributed by atoms with Crippen LogP contribution in [0.3, 0.4) is 0 Å². The molecule has 1 aliphatic rings. The summed E-state index contributed by atoms with van der Waals surface area (Å²) in [6.07, 6.45) is 5.89. The number of hydrogen-bond acceptors (Lipinski definition) is 2. The van der Waals surface area contributed by atoms with Crippen molar-refractivity contribution in [2.24, 2.45) is 0 Å². The third kappa shape index (κ3) is 1.59. The Balaban J connectivity index is 1.79. The Hall–Kier alpha value is -3.47. The largest absolute Gasteiger partial charge is 0.377 e. The lowest BCUT2D eigenvalue weighted by Crippen LogP contribution is -2.18. The highest BCUT2D eigenvalue weighted by Crippen LogP contribution is 2.32. The molecule has 1 aromatic carbocycles. The van der Waals surface area contributed by atoms with Gasteiger partial charge < -0.3 is 0 Å². The van der Waals surface area contributed by atoms with Crippen LogP contribution < -0.4 is 4.40 Å². The van der Waals surface area contributed by atoms with Crippen molar-refractivity contribution in [2.45, 2.75) is 6.54 Å². The van der Waals surface area contributed by atoms with Gasteiger partial charge in [0.05, 0.1) is 6.54 Å². The predicted molar refractivity (Wildman–Crippen MR) is 94.6 cm³/mol. The fraction of sp³-hybridized carbons (Fsp3) is 0.0500. The van der Waals surface area contributed by atoms with E-state index < -0.39 is 0 Å². The van der Waals surface area contributed by atoms with Gasteiger partial charge >= 0.3 is 5.78 Å². The van der Waals surface area contributed by atoms with Crippen LogP contribution in [0.5, 0.6) is 0 Å². The van der Waals surface area contributed by atoms with Gasteiger partial charge in [0.25, 0.3) is 0 Å². The molecule has 5 heterocycles. The molecule has 1 aliphatic heterocycles. The van der Waals surface area contributed by atoms with Crippen molar-refractivity contribution < 1.29 is 4.40 Å². The van der Waals surface area contributed by atoms with Crippen molar-refractivity contribution in [1.82, 2.24) is 19.1 Å². The normalized spacial score (nSPS) is 12.6. The number of hydrogen-bond donors (Lipinski definition) is 0. The Morgan fingerprint density at radius 1 is 0.880 bits per heavy atom. The van der Waals surface area contributed by atoms with E-state index in [4.69, 9.17) is 0 Å². The summed E-state index contributed by atoms with van der Waals surface area (Å²) in [5, 5.41) is 0. The zero-order chi connectivity index (χ0) is 16.4. The summed E-state index contributed by atoms with van der Waals surface area (Å²) < 4.78 is 6.78. The number of rotatable bonds is 1. The zero-order valence-corrected chi connectivity index (χ0v) is 13.4. The molecule has 0 bridgehead atoms. The Kier molecular flexibility index (Phi) is 2.34. The summed E-state index contributed by atoms with van der Waals surface area (Å²) in [4.78, 5) is 9.25. The van der Waals surface area contributed by atoms with Crippen molar-refractivity contribution in [2.75, 3.05) is 0 Å². The number of pyridine rings is 2. The maximum absolute atomic E-state index is 4.65. The molecule has 0 aliphatic carbocycles. The summed E-state index contributed by atoms with van der Waals surface area (Å²) >= 11 is 0. The first-order valence-corrected chi connectivity index (χ1v) is 8.32. The highest BCUT2D eigenvalue weighted by atomic mass is 15.3. The lowest BCUT2D eigenvalue weighted by Gasteiger charge is -2.00. The number of para-hydroxylation sites is 1. The fourth-order valence-electron chi connectivity index (χ4n) is 3.86. The third-order valence-electron chi connectivity index (χ3n) is 4.91. The molecule has 0 saturated carbocycles. The van der Waals surface area contributed by atoms with E-state index >= 15 is 0 Å². The lowest BCUT2D eigenvalue weighted by atomic mass is 10.2. The van der Waals surface area contributed by atoms with E-state index in [1.807, 2.05) is 30.6 Å². The maximum Gasteiger partial charge on any atom is 0.377 e. The number of benzene rings is 1. The van der Waals surface area contributed by atoms with E-state index in [-0.39, 0.29) is 0 Å². The second-order valence-electron chi connectivity index (χ2n) is 6.30. The van der Waals surface area contributed by atoms with Crippen LogP contribution in [0.2, 0.25) is 0 Å². The summed E-state index contributed by atoms with van der Waals surface area (Å²) in [5.74, 6) is 1.10. The standard InChI is InChI=1S/C20H14N5/c1-2-7-15(8-3-1)25-19-16(9-5-11-22-19)24-13-17-18-14(6-4-10-21-18)12-23(17)20(24)25/h1-11,13H,12H2/q+1. The highest BCUT2D eigenvalue weighted by Gasteiger charge is 2.33. The molecule has 6 rings (SSSR count). The summed E-state index contributed by atoms with van der Waals surface area (Å²) in [7, 11) is 0. The average Bonchev–Trinajstić information content (AvgIpc) is 3.30. The van der Waals surface area contributed by atoms with Gasteiger partial charge in [0.15, 0.2) is 11.2 Å². The Morgan fingerprint density at radius 2 is 1.72 bits per heavy atom. The van der Waals surface area contributed by atoms with Crippen molar-refractivity contribution in [3.8, 4) is 17.1 Å². The highest BCUT2D eigenvalue weighted by molar-refractivity contribution is 5.76. The van der Waals surface area contributed by atoms with Gasteiger partial charge in [-0.05, 0) is 30.3 Å². The molecule has 0 fully saturated rings. The second-order valence-corrected chi connectivity index (χ2v) is 6.30. The molecule has 25 heavy (non-hydrogen) atoms. The molecule has 5 nitrogen and oxygen atoms in total. The molecule has 0 radical (unpaired) electrons. The van der Waals surface area contributed by atoms with Crippen LogP contribution in [0, 0.1) is 0 Å². The molecule has 5 aromatic rings. The number of fused-ring (bicyclic) bond motifs is 7. The van der Waals surface area contributed by atoms with Gasteiger partial charge in [-0.1, -0.05) is 24.3 Å². The van der Waals surface area contributed by atoms with Crippen LogP contribution in [0.1, 0.15) is 5.56 Å². The van der Waals surface area contributed by atoms with E-state index in [1.165, 1.54) is 5.56 Å². The molecule has 4 aromatic heterocycles. The monoisotopic (exact) mass is 324 g/mol. The van der Waals surface area contributed by atoms with E-state index in [1.54, 1.807) is 0 Å². The molecule has 118 valence electrons. The molecular formula is C20H14N5+.